The number of carbonyl (C=O) groups excluding carboxylic acids is 2. The summed E-state index contributed by atoms with van der Waals surface area (Å²) in [5, 5.41) is 2.91. The van der Waals surface area contributed by atoms with Crippen LogP contribution in [-0.4, -0.2) is 38.2 Å². The maximum Gasteiger partial charge on any atom is 0.334 e. The Balaban J connectivity index is 2.99. The van der Waals surface area contributed by atoms with Crippen molar-refractivity contribution in [3.8, 4) is 5.75 Å². The summed E-state index contributed by atoms with van der Waals surface area (Å²) in [5.74, 6) is -3.66. The molecule has 1 aromatic carbocycles. The first-order valence-electron chi connectivity index (χ1n) is 8.58. The SMILES string of the molecule is CCOC(=O)C=C(CNC(CC(C)C)C(=O)OC)Oc1cccc(F)c1F. The molecule has 6 nitrogen and oxygen atoms in total. The molecule has 0 spiro atoms. The molecule has 0 amide bonds. The topological polar surface area (TPSA) is 73.9 Å². The maximum atomic E-state index is 13.9. The Hall–Kier alpha value is -2.48. The van der Waals surface area contributed by atoms with Crippen molar-refractivity contribution in [3.63, 3.8) is 0 Å². The van der Waals surface area contributed by atoms with E-state index < -0.39 is 29.6 Å². The molecule has 0 bridgehead atoms. The van der Waals surface area contributed by atoms with E-state index in [2.05, 4.69) is 5.32 Å². The van der Waals surface area contributed by atoms with Crippen molar-refractivity contribution in [3.05, 3.63) is 41.7 Å². The smallest absolute Gasteiger partial charge is 0.334 e. The quantitative estimate of drug-likeness (QED) is 0.379. The predicted octanol–water partition coefficient (Wildman–Crippen LogP) is 2.97. The Morgan fingerprint density at radius 1 is 1.26 bits per heavy atom. The van der Waals surface area contributed by atoms with Gasteiger partial charge in [-0.15, -0.1) is 0 Å². The second-order valence-electron chi connectivity index (χ2n) is 6.10. The van der Waals surface area contributed by atoms with Gasteiger partial charge in [0.1, 0.15) is 11.8 Å². The predicted molar refractivity (Wildman–Crippen MR) is 95.0 cm³/mol. The summed E-state index contributed by atoms with van der Waals surface area (Å²) in [6, 6.07) is 2.80. The van der Waals surface area contributed by atoms with E-state index in [1.54, 1.807) is 6.92 Å². The molecule has 0 aromatic heterocycles. The van der Waals surface area contributed by atoms with Crippen LogP contribution in [0.2, 0.25) is 0 Å². The van der Waals surface area contributed by atoms with E-state index in [1.165, 1.54) is 19.2 Å². The van der Waals surface area contributed by atoms with Crippen LogP contribution in [0.15, 0.2) is 30.0 Å². The standard InChI is InChI=1S/C19H25F2NO5/c1-5-26-17(23)10-13(27-16-8-6-7-14(20)18(16)21)11-22-15(9-12(2)3)19(24)25-4/h6-8,10,12,15,22H,5,9,11H2,1-4H3. The minimum Gasteiger partial charge on any atom is -0.468 e. The Labute approximate surface area is 157 Å². The van der Waals surface area contributed by atoms with Crippen molar-refractivity contribution < 1.29 is 32.6 Å². The molecular formula is C19H25F2NO5. The minimum atomic E-state index is -1.18. The monoisotopic (exact) mass is 385 g/mol. The van der Waals surface area contributed by atoms with Crippen LogP contribution >= 0.6 is 0 Å². The van der Waals surface area contributed by atoms with E-state index in [0.717, 1.165) is 12.1 Å². The van der Waals surface area contributed by atoms with Crippen molar-refractivity contribution >= 4 is 11.9 Å². The molecule has 0 aliphatic rings. The van der Waals surface area contributed by atoms with Crippen LogP contribution in [0.3, 0.4) is 0 Å². The average Bonchev–Trinajstić information content (AvgIpc) is 2.61. The van der Waals surface area contributed by atoms with Crippen LogP contribution in [-0.2, 0) is 19.1 Å². The van der Waals surface area contributed by atoms with E-state index in [-0.39, 0.29) is 30.6 Å². The molecular weight excluding hydrogens is 360 g/mol. The Kier molecular flexibility index (Phi) is 9.42. The van der Waals surface area contributed by atoms with E-state index in [1.807, 2.05) is 13.8 Å². The average molecular weight is 385 g/mol. The Morgan fingerprint density at radius 2 is 1.96 bits per heavy atom. The Morgan fingerprint density at radius 3 is 2.56 bits per heavy atom. The van der Waals surface area contributed by atoms with E-state index in [0.29, 0.717) is 6.42 Å². The highest BCUT2D eigenvalue weighted by Gasteiger charge is 2.21. The van der Waals surface area contributed by atoms with Crippen molar-refractivity contribution in [2.75, 3.05) is 20.3 Å². The van der Waals surface area contributed by atoms with Gasteiger partial charge in [-0.05, 0) is 31.4 Å². The van der Waals surface area contributed by atoms with Crippen LogP contribution in [0.1, 0.15) is 27.2 Å². The molecule has 1 unspecified atom stereocenters. The number of esters is 2. The number of hydrogen-bond donors (Lipinski definition) is 1. The van der Waals surface area contributed by atoms with E-state index in [4.69, 9.17) is 14.2 Å². The summed E-state index contributed by atoms with van der Waals surface area (Å²) in [7, 11) is 1.27. The lowest BCUT2D eigenvalue weighted by Crippen LogP contribution is -2.40. The van der Waals surface area contributed by atoms with Gasteiger partial charge in [-0.2, -0.15) is 4.39 Å². The van der Waals surface area contributed by atoms with Gasteiger partial charge < -0.3 is 14.2 Å². The molecule has 1 rings (SSSR count). The third-order valence-corrected chi connectivity index (χ3v) is 3.44. The zero-order valence-electron chi connectivity index (χ0n) is 15.9. The Bertz CT molecular complexity index is 676. The van der Waals surface area contributed by atoms with Gasteiger partial charge in [0.15, 0.2) is 11.6 Å². The summed E-state index contributed by atoms with van der Waals surface area (Å²) in [6.07, 6.45) is 1.50. The van der Waals surface area contributed by atoms with Gasteiger partial charge in [-0.3, -0.25) is 10.1 Å². The molecule has 0 heterocycles. The first kappa shape index (κ1) is 22.6. The lowest BCUT2D eigenvalue weighted by atomic mass is 10.0. The van der Waals surface area contributed by atoms with Gasteiger partial charge in [-0.1, -0.05) is 19.9 Å². The van der Waals surface area contributed by atoms with Crippen LogP contribution in [0.5, 0.6) is 5.75 Å². The van der Waals surface area contributed by atoms with Gasteiger partial charge in [-0.25, -0.2) is 9.18 Å². The van der Waals surface area contributed by atoms with Gasteiger partial charge in [0.25, 0.3) is 0 Å². The zero-order chi connectivity index (χ0) is 20.4. The molecule has 1 N–H and O–H groups in total. The van der Waals surface area contributed by atoms with Gasteiger partial charge >= 0.3 is 11.9 Å². The first-order valence-corrected chi connectivity index (χ1v) is 8.58. The van der Waals surface area contributed by atoms with Gasteiger partial charge in [0, 0.05) is 0 Å². The van der Waals surface area contributed by atoms with Crippen molar-refractivity contribution in [2.45, 2.75) is 33.2 Å². The molecule has 1 atom stereocenters. The molecule has 8 heteroatoms. The number of ether oxygens (including phenoxy) is 3. The van der Waals surface area contributed by atoms with Crippen LogP contribution in [0.4, 0.5) is 8.78 Å². The molecule has 1 aromatic rings. The normalized spacial score (nSPS) is 12.6. The molecule has 0 aliphatic heterocycles. The molecule has 0 fully saturated rings. The summed E-state index contributed by atoms with van der Waals surface area (Å²) in [5.41, 5.74) is 0. The largest absolute Gasteiger partial charge is 0.468 e. The van der Waals surface area contributed by atoms with Gasteiger partial charge in [0.2, 0.25) is 5.82 Å². The highest BCUT2D eigenvalue weighted by molar-refractivity contribution is 5.82. The molecule has 0 radical (unpaired) electrons. The fourth-order valence-electron chi connectivity index (χ4n) is 2.24. The van der Waals surface area contributed by atoms with Crippen molar-refractivity contribution in [1.82, 2.24) is 5.32 Å². The lowest BCUT2D eigenvalue weighted by molar-refractivity contribution is -0.143. The van der Waals surface area contributed by atoms with E-state index in [9.17, 15) is 18.4 Å². The fourth-order valence-corrected chi connectivity index (χ4v) is 2.24. The lowest BCUT2D eigenvalue weighted by Gasteiger charge is -2.19. The zero-order valence-corrected chi connectivity index (χ0v) is 15.9. The summed E-state index contributed by atoms with van der Waals surface area (Å²) in [4.78, 5) is 23.6. The molecule has 0 saturated heterocycles. The van der Waals surface area contributed by atoms with Crippen LogP contribution in [0, 0.1) is 17.6 Å². The van der Waals surface area contributed by atoms with Crippen LogP contribution in [0.25, 0.3) is 0 Å². The van der Waals surface area contributed by atoms with Crippen molar-refractivity contribution in [1.29, 1.82) is 0 Å². The number of hydrogen-bond acceptors (Lipinski definition) is 6. The number of carbonyl (C=O) groups is 2. The molecule has 150 valence electrons. The number of methoxy groups -OCH3 is 1. The second-order valence-corrected chi connectivity index (χ2v) is 6.10. The highest BCUT2D eigenvalue weighted by atomic mass is 19.2. The third-order valence-electron chi connectivity index (χ3n) is 3.44. The van der Waals surface area contributed by atoms with E-state index >= 15 is 0 Å². The third kappa shape index (κ3) is 7.74. The first-order chi connectivity index (χ1) is 12.8. The molecule has 0 aliphatic carbocycles. The van der Waals surface area contributed by atoms with Crippen molar-refractivity contribution in [2.24, 2.45) is 5.92 Å². The summed E-state index contributed by atoms with van der Waals surface area (Å²) < 4.78 is 42.2. The van der Waals surface area contributed by atoms with Gasteiger partial charge in [0.05, 0.1) is 26.3 Å². The number of benzene rings is 1. The number of halogens is 2. The highest BCUT2D eigenvalue weighted by Crippen LogP contribution is 2.21. The minimum absolute atomic E-state index is 0.0318. The number of rotatable bonds is 10. The summed E-state index contributed by atoms with van der Waals surface area (Å²) >= 11 is 0. The molecule has 0 saturated carbocycles. The maximum absolute atomic E-state index is 13.9. The van der Waals surface area contributed by atoms with Crippen LogP contribution < -0.4 is 10.1 Å². The molecule has 27 heavy (non-hydrogen) atoms. The number of nitrogens with one attached hydrogen (secondary N) is 1. The summed E-state index contributed by atoms with van der Waals surface area (Å²) in [6.45, 7) is 5.55. The second kappa shape index (κ2) is 11.3. The fraction of sp³-hybridized carbons (Fsp3) is 0.474.